The molecule has 2 aromatic carbocycles. The van der Waals surface area contributed by atoms with Crippen LogP contribution in [0, 0.1) is 0 Å². The summed E-state index contributed by atoms with van der Waals surface area (Å²) in [5.74, 6) is 0.826. The molecule has 0 radical (unpaired) electrons. The van der Waals surface area contributed by atoms with Crippen LogP contribution in [0.4, 0.5) is 0 Å². The fourth-order valence-corrected chi connectivity index (χ4v) is 2.41. The Balaban J connectivity index is 1.53. The molecular weight excluding hydrogens is 268 g/mol. The Bertz CT molecular complexity index is 608. The van der Waals surface area contributed by atoms with Gasteiger partial charge in [-0.1, -0.05) is 30.3 Å². The van der Waals surface area contributed by atoms with Crippen LogP contribution in [-0.2, 0) is 17.6 Å². The summed E-state index contributed by atoms with van der Waals surface area (Å²) in [6.45, 7) is 0.479. The van der Waals surface area contributed by atoms with Crippen molar-refractivity contribution in [1.29, 1.82) is 0 Å². The second-order valence-electron chi connectivity index (χ2n) is 5.08. The van der Waals surface area contributed by atoms with Crippen LogP contribution in [-0.4, -0.2) is 23.8 Å². The molecule has 0 amide bonds. The lowest BCUT2D eigenvalue weighted by molar-refractivity contribution is -0.136. The van der Waals surface area contributed by atoms with Crippen LogP contribution in [0.3, 0.4) is 0 Å². The van der Waals surface area contributed by atoms with Crippen molar-refractivity contribution in [3.63, 3.8) is 0 Å². The van der Waals surface area contributed by atoms with E-state index in [0.717, 1.165) is 23.5 Å². The van der Waals surface area contributed by atoms with E-state index in [2.05, 4.69) is 6.07 Å². The van der Waals surface area contributed by atoms with Gasteiger partial charge in [0.25, 0.3) is 0 Å². The molecule has 1 N–H and O–H groups in total. The summed E-state index contributed by atoms with van der Waals surface area (Å²) in [7, 11) is 0. The predicted molar refractivity (Wildman–Crippen MR) is 77.8 cm³/mol. The highest BCUT2D eigenvalue weighted by Gasteiger charge is 2.22. The molecule has 0 spiro atoms. The van der Waals surface area contributed by atoms with Crippen molar-refractivity contribution in [2.75, 3.05) is 6.61 Å². The van der Waals surface area contributed by atoms with Gasteiger partial charge in [0, 0.05) is 6.42 Å². The van der Waals surface area contributed by atoms with Crippen LogP contribution in [0.25, 0.3) is 0 Å². The standard InChI is InChI=1S/C17H16O4/c18-17(19)9-12-5-7-14(8-6-12)20-11-15-10-13-3-1-2-4-16(13)21-15/h1-8,15H,9-11H2,(H,18,19). The molecule has 2 aromatic rings. The number of aliphatic carboxylic acids is 1. The molecule has 1 heterocycles. The third-order valence-electron chi connectivity index (χ3n) is 3.43. The second kappa shape index (κ2) is 5.87. The molecule has 0 aliphatic carbocycles. The number of fused-ring (bicyclic) bond motifs is 1. The fraction of sp³-hybridized carbons (Fsp3) is 0.235. The molecule has 1 atom stereocenters. The Labute approximate surface area is 122 Å². The third kappa shape index (κ3) is 3.34. The molecule has 4 heteroatoms. The number of para-hydroxylation sites is 1. The molecule has 3 rings (SSSR count). The first-order chi connectivity index (χ1) is 10.2. The van der Waals surface area contributed by atoms with Crippen molar-refractivity contribution in [2.45, 2.75) is 18.9 Å². The Morgan fingerprint density at radius 2 is 1.95 bits per heavy atom. The van der Waals surface area contributed by atoms with E-state index in [1.165, 1.54) is 5.56 Å². The Hall–Kier alpha value is -2.49. The zero-order valence-corrected chi connectivity index (χ0v) is 11.5. The summed E-state index contributed by atoms with van der Waals surface area (Å²) in [5, 5.41) is 8.72. The highest BCUT2D eigenvalue weighted by Crippen LogP contribution is 2.28. The Morgan fingerprint density at radius 1 is 1.19 bits per heavy atom. The van der Waals surface area contributed by atoms with E-state index < -0.39 is 5.97 Å². The van der Waals surface area contributed by atoms with E-state index in [9.17, 15) is 4.79 Å². The van der Waals surface area contributed by atoms with Crippen molar-refractivity contribution in [3.05, 3.63) is 59.7 Å². The number of hydrogen-bond acceptors (Lipinski definition) is 3. The lowest BCUT2D eigenvalue weighted by Crippen LogP contribution is -2.22. The summed E-state index contributed by atoms with van der Waals surface area (Å²) >= 11 is 0. The zero-order valence-electron chi connectivity index (χ0n) is 11.5. The molecule has 0 fully saturated rings. The van der Waals surface area contributed by atoms with E-state index in [-0.39, 0.29) is 12.5 Å². The number of carboxylic acid groups (broad SMARTS) is 1. The van der Waals surface area contributed by atoms with Gasteiger partial charge in [0.1, 0.15) is 24.2 Å². The molecule has 4 nitrogen and oxygen atoms in total. The minimum atomic E-state index is -0.833. The van der Waals surface area contributed by atoms with Crippen molar-refractivity contribution in [1.82, 2.24) is 0 Å². The fourth-order valence-electron chi connectivity index (χ4n) is 2.41. The molecule has 1 aliphatic heterocycles. The quantitative estimate of drug-likeness (QED) is 0.917. The molecular formula is C17H16O4. The van der Waals surface area contributed by atoms with Gasteiger partial charge in [0.15, 0.2) is 0 Å². The monoisotopic (exact) mass is 284 g/mol. The minimum absolute atomic E-state index is 0.0288. The second-order valence-corrected chi connectivity index (χ2v) is 5.08. The minimum Gasteiger partial charge on any atom is -0.490 e. The molecule has 1 unspecified atom stereocenters. The van der Waals surface area contributed by atoms with Crippen molar-refractivity contribution in [2.24, 2.45) is 0 Å². The van der Waals surface area contributed by atoms with E-state index >= 15 is 0 Å². The van der Waals surface area contributed by atoms with E-state index in [0.29, 0.717) is 6.61 Å². The van der Waals surface area contributed by atoms with Crippen LogP contribution < -0.4 is 9.47 Å². The summed E-state index contributed by atoms with van der Waals surface area (Å²) in [6.07, 6.45) is 0.912. The van der Waals surface area contributed by atoms with E-state index in [1.807, 2.05) is 18.2 Å². The Kier molecular flexibility index (Phi) is 3.77. The van der Waals surface area contributed by atoms with Crippen molar-refractivity contribution < 1.29 is 19.4 Å². The first-order valence-electron chi connectivity index (χ1n) is 6.89. The van der Waals surface area contributed by atoms with Crippen LogP contribution in [0.15, 0.2) is 48.5 Å². The van der Waals surface area contributed by atoms with Gasteiger partial charge in [-0.25, -0.2) is 0 Å². The van der Waals surface area contributed by atoms with Gasteiger partial charge in [-0.2, -0.15) is 0 Å². The summed E-state index contributed by atoms with van der Waals surface area (Å²) in [4.78, 5) is 10.6. The maximum Gasteiger partial charge on any atom is 0.307 e. The van der Waals surface area contributed by atoms with Crippen LogP contribution in [0.1, 0.15) is 11.1 Å². The lowest BCUT2D eigenvalue weighted by Gasteiger charge is -2.12. The molecule has 108 valence electrons. The molecule has 0 aromatic heterocycles. The maximum absolute atomic E-state index is 10.6. The molecule has 0 saturated heterocycles. The predicted octanol–water partition coefficient (Wildman–Crippen LogP) is 2.70. The van der Waals surface area contributed by atoms with Gasteiger partial charge in [0.2, 0.25) is 0 Å². The SMILES string of the molecule is O=C(O)Cc1ccc(OCC2Cc3ccccc3O2)cc1. The molecule has 21 heavy (non-hydrogen) atoms. The number of ether oxygens (including phenoxy) is 2. The average molecular weight is 284 g/mol. The number of rotatable bonds is 5. The smallest absolute Gasteiger partial charge is 0.307 e. The third-order valence-corrected chi connectivity index (χ3v) is 3.43. The van der Waals surface area contributed by atoms with Gasteiger partial charge in [-0.05, 0) is 29.3 Å². The van der Waals surface area contributed by atoms with Gasteiger partial charge in [-0.15, -0.1) is 0 Å². The van der Waals surface area contributed by atoms with E-state index in [4.69, 9.17) is 14.6 Å². The first-order valence-corrected chi connectivity index (χ1v) is 6.89. The molecule has 0 bridgehead atoms. The lowest BCUT2D eigenvalue weighted by atomic mass is 10.1. The van der Waals surface area contributed by atoms with Gasteiger partial charge in [-0.3, -0.25) is 4.79 Å². The Morgan fingerprint density at radius 3 is 2.67 bits per heavy atom. The first kappa shape index (κ1) is 13.5. The average Bonchev–Trinajstić information content (AvgIpc) is 2.89. The van der Waals surface area contributed by atoms with Crippen molar-refractivity contribution >= 4 is 5.97 Å². The number of carboxylic acids is 1. The summed E-state index contributed by atoms with van der Waals surface area (Å²) in [6, 6.07) is 15.1. The van der Waals surface area contributed by atoms with Crippen LogP contribution in [0.2, 0.25) is 0 Å². The summed E-state index contributed by atoms with van der Waals surface area (Å²) in [5.41, 5.74) is 1.97. The molecule has 0 saturated carbocycles. The van der Waals surface area contributed by atoms with E-state index in [1.54, 1.807) is 24.3 Å². The molecule has 1 aliphatic rings. The number of benzene rings is 2. The normalized spacial score (nSPS) is 16.1. The largest absolute Gasteiger partial charge is 0.490 e. The number of hydrogen-bond donors (Lipinski definition) is 1. The highest BCUT2D eigenvalue weighted by molar-refractivity contribution is 5.70. The van der Waals surface area contributed by atoms with Crippen LogP contribution in [0.5, 0.6) is 11.5 Å². The zero-order chi connectivity index (χ0) is 14.7. The highest BCUT2D eigenvalue weighted by atomic mass is 16.5. The van der Waals surface area contributed by atoms with Gasteiger partial charge >= 0.3 is 5.97 Å². The maximum atomic E-state index is 10.6. The van der Waals surface area contributed by atoms with Gasteiger partial charge < -0.3 is 14.6 Å². The topological polar surface area (TPSA) is 55.8 Å². The van der Waals surface area contributed by atoms with Crippen molar-refractivity contribution in [3.8, 4) is 11.5 Å². The summed E-state index contributed by atoms with van der Waals surface area (Å²) < 4.78 is 11.5. The van der Waals surface area contributed by atoms with Crippen LogP contribution >= 0.6 is 0 Å². The number of carbonyl (C=O) groups is 1. The van der Waals surface area contributed by atoms with Gasteiger partial charge in [0.05, 0.1) is 6.42 Å².